The second kappa shape index (κ2) is 16.7. The molecular formula is C21H39IN4O2. The van der Waals surface area contributed by atoms with Crippen LogP contribution in [0.15, 0.2) is 23.2 Å². The summed E-state index contributed by atoms with van der Waals surface area (Å²) >= 11 is 0. The van der Waals surface area contributed by atoms with E-state index in [2.05, 4.69) is 36.0 Å². The van der Waals surface area contributed by atoms with Crippen LogP contribution in [0.25, 0.3) is 0 Å². The molecule has 0 aromatic heterocycles. The number of aliphatic imine (C=N–C) groups is 1. The molecule has 0 heterocycles. The summed E-state index contributed by atoms with van der Waals surface area (Å²) in [4.78, 5) is 6.73. The molecular weight excluding hydrogens is 467 g/mol. The molecule has 0 radical (unpaired) electrons. The Labute approximate surface area is 188 Å². The van der Waals surface area contributed by atoms with E-state index in [1.807, 2.05) is 18.2 Å². The first-order chi connectivity index (χ1) is 13.1. The number of hydrogen-bond donors (Lipinski definition) is 2. The number of hydrogen-bond acceptors (Lipinski definition) is 4. The van der Waals surface area contributed by atoms with Crippen molar-refractivity contribution in [1.29, 1.82) is 0 Å². The molecule has 6 nitrogen and oxygen atoms in total. The summed E-state index contributed by atoms with van der Waals surface area (Å²) < 4.78 is 11.4. The third-order valence-corrected chi connectivity index (χ3v) is 4.56. The minimum Gasteiger partial charge on any atom is -0.493 e. The minimum atomic E-state index is 0. The first kappa shape index (κ1) is 26.8. The summed E-state index contributed by atoms with van der Waals surface area (Å²) in [7, 11) is 1.66. The van der Waals surface area contributed by atoms with Crippen molar-refractivity contribution in [3.8, 4) is 11.5 Å². The highest BCUT2D eigenvalue weighted by molar-refractivity contribution is 14.0. The highest BCUT2D eigenvalue weighted by Crippen LogP contribution is 2.28. The van der Waals surface area contributed by atoms with Crippen LogP contribution in [0.3, 0.4) is 0 Å². The van der Waals surface area contributed by atoms with E-state index in [0.29, 0.717) is 19.1 Å². The molecule has 0 atom stereocenters. The smallest absolute Gasteiger partial charge is 0.188 e. The number of guanidine groups is 1. The molecule has 1 aromatic carbocycles. The van der Waals surface area contributed by atoms with Crippen LogP contribution >= 0.6 is 24.0 Å². The molecule has 1 aromatic rings. The Morgan fingerprint density at radius 1 is 1.11 bits per heavy atom. The number of nitrogens with two attached hydrogens (primary N) is 1. The van der Waals surface area contributed by atoms with Crippen molar-refractivity contribution in [2.45, 2.75) is 53.0 Å². The van der Waals surface area contributed by atoms with Gasteiger partial charge in [0.1, 0.15) is 6.61 Å². The van der Waals surface area contributed by atoms with Crippen LogP contribution in [0, 0.1) is 0 Å². The number of rotatable bonds is 14. The molecule has 0 aliphatic carbocycles. The monoisotopic (exact) mass is 506 g/mol. The van der Waals surface area contributed by atoms with E-state index in [1.165, 1.54) is 19.3 Å². The van der Waals surface area contributed by atoms with Crippen LogP contribution in [0.5, 0.6) is 11.5 Å². The number of nitrogens with zero attached hydrogens (tertiary/aromatic N) is 2. The van der Waals surface area contributed by atoms with Crippen molar-refractivity contribution in [2.24, 2.45) is 10.7 Å². The number of ether oxygens (including phenoxy) is 2. The average molecular weight is 506 g/mol. The number of unbranched alkanes of at least 4 members (excludes halogenated alkanes) is 3. The van der Waals surface area contributed by atoms with Crippen molar-refractivity contribution in [3.63, 3.8) is 0 Å². The van der Waals surface area contributed by atoms with Crippen molar-refractivity contribution in [3.05, 3.63) is 23.8 Å². The van der Waals surface area contributed by atoms with Gasteiger partial charge in [-0.05, 0) is 37.2 Å². The van der Waals surface area contributed by atoms with Gasteiger partial charge in [-0.25, -0.2) is 4.99 Å². The van der Waals surface area contributed by atoms with Gasteiger partial charge in [-0.2, -0.15) is 0 Å². The highest BCUT2D eigenvalue weighted by atomic mass is 127. The van der Waals surface area contributed by atoms with Gasteiger partial charge in [0, 0.05) is 13.1 Å². The van der Waals surface area contributed by atoms with Gasteiger partial charge in [0.2, 0.25) is 0 Å². The molecule has 3 N–H and O–H groups in total. The summed E-state index contributed by atoms with van der Waals surface area (Å²) in [5.74, 6) is 1.98. The Morgan fingerprint density at radius 2 is 1.86 bits per heavy atom. The zero-order valence-corrected chi connectivity index (χ0v) is 20.3. The molecule has 0 saturated carbocycles. The van der Waals surface area contributed by atoms with E-state index in [1.54, 1.807) is 7.11 Å². The van der Waals surface area contributed by atoms with E-state index >= 15 is 0 Å². The molecule has 162 valence electrons. The largest absolute Gasteiger partial charge is 0.493 e. The Morgan fingerprint density at radius 3 is 2.50 bits per heavy atom. The molecule has 0 amide bonds. The lowest BCUT2D eigenvalue weighted by molar-refractivity contribution is 0.217. The Bertz CT molecular complexity index is 551. The van der Waals surface area contributed by atoms with Crippen LogP contribution in [-0.2, 0) is 6.54 Å². The van der Waals surface area contributed by atoms with Crippen molar-refractivity contribution < 1.29 is 9.47 Å². The second-order valence-corrected chi connectivity index (χ2v) is 6.55. The quantitative estimate of drug-likeness (QED) is 0.173. The maximum Gasteiger partial charge on any atom is 0.188 e. The third kappa shape index (κ3) is 10.9. The summed E-state index contributed by atoms with van der Waals surface area (Å²) in [6.45, 7) is 11.5. The lowest BCUT2D eigenvalue weighted by Crippen LogP contribution is -2.32. The lowest BCUT2D eigenvalue weighted by Gasteiger charge is -2.18. The Hall–Kier alpha value is -1.22. The van der Waals surface area contributed by atoms with Gasteiger partial charge in [-0.1, -0.05) is 46.1 Å². The lowest BCUT2D eigenvalue weighted by atomic mass is 10.2. The fraction of sp³-hybridized carbons (Fsp3) is 0.667. The van der Waals surface area contributed by atoms with Crippen molar-refractivity contribution in [1.82, 2.24) is 10.2 Å². The predicted octanol–water partition coefficient (Wildman–Crippen LogP) is 4.02. The predicted molar refractivity (Wildman–Crippen MR) is 129 cm³/mol. The van der Waals surface area contributed by atoms with Gasteiger partial charge in [0.05, 0.1) is 13.7 Å². The number of benzene rings is 1. The molecule has 0 aliphatic rings. The Balaban J connectivity index is 0.00000729. The fourth-order valence-electron chi connectivity index (χ4n) is 2.75. The summed E-state index contributed by atoms with van der Waals surface area (Å²) in [6.07, 6.45) is 4.85. The highest BCUT2D eigenvalue weighted by Gasteiger charge is 2.07. The van der Waals surface area contributed by atoms with Crippen molar-refractivity contribution >= 4 is 29.9 Å². The molecule has 0 unspecified atom stereocenters. The molecule has 0 fully saturated rings. The molecule has 1 rings (SSSR count). The van der Waals surface area contributed by atoms with E-state index in [9.17, 15) is 0 Å². The van der Waals surface area contributed by atoms with Crippen molar-refractivity contribution in [2.75, 3.05) is 39.9 Å². The molecule has 0 spiro atoms. The molecule has 28 heavy (non-hydrogen) atoms. The van der Waals surface area contributed by atoms with E-state index in [4.69, 9.17) is 15.2 Å². The zero-order chi connectivity index (χ0) is 19.9. The van der Waals surface area contributed by atoms with Crippen LogP contribution in [0.2, 0.25) is 0 Å². The van der Waals surface area contributed by atoms with Gasteiger partial charge in [0.15, 0.2) is 17.5 Å². The third-order valence-electron chi connectivity index (χ3n) is 4.56. The number of nitrogens with one attached hydrogen (secondary N) is 1. The standard InChI is InChI=1S/C21H38N4O2.HI/c1-5-8-9-10-13-23-21(22)24-17-18-11-12-19(20(16-18)26-4)27-15-14-25(6-2)7-3;/h11-12,16H,5-10,13-15,17H2,1-4H3,(H3,22,23,24);1H. The van der Waals surface area contributed by atoms with E-state index in [-0.39, 0.29) is 24.0 Å². The van der Waals surface area contributed by atoms with E-state index < -0.39 is 0 Å². The van der Waals surface area contributed by atoms with Gasteiger partial charge in [0.25, 0.3) is 0 Å². The fourth-order valence-corrected chi connectivity index (χ4v) is 2.75. The average Bonchev–Trinajstić information content (AvgIpc) is 2.70. The van der Waals surface area contributed by atoms with Crippen LogP contribution in [0.1, 0.15) is 52.0 Å². The SMILES string of the molecule is CCCCCCNC(N)=NCc1ccc(OCCN(CC)CC)c(OC)c1.I. The van der Waals surface area contributed by atoms with Crippen LogP contribution in [-0.4, -0.2) is 50.8 Å². The molecule has 0 saturated heterocycles. The molecule has 7 heteroatoms. The van der Waals surface area contributed by atoms with E-state index in [0.717, 1.165) is 49.7 Å². The summed E-state index contributed by atoms with van der Waals surface area (Å²) in [5.41, 5.74) is 6.98. The number of halogens is 1. The van der Waals surface area contributed by atoms with Crippen LogP contribution < -0.4 is 20.5 Å². The molecule has 0 aliphatic heterocycles. The first-order valence-electron chi connectivity index (χ1n) is 10.2. The first-order valence-corrected chi connectivity index (χ1v) is 10.2. The van der Waals surface area contributed by atoms with Gasteiger partial charge >= 0.3 is 0 Å². The summed E-state index contributed by atoms with van der Waals surface area (Å²) in [6, 6.07) is 5.92. The maximum absolute atomic E-state index is 5.94. The van der Waals surface area contributed by atoms with Gasteiger partial charge in [-0.15, -0.1) is 24.0 Å². The number of methoxy groups -OCH3 is 1. The Kier molecular flexibility index (Phi) is 16.0. The topological polar surface area (TPSA) is 72.1 Å². The summed E-state index contributed by atoms with van der Waals surface area (Å²) in [5, 5.41) is 3.17. The van der Waals surface area contributed by atoms with Gasteiger partial charge < -0.3 is 25.4 Å². The molecule has 0 bridgehead atoms. The minimum absolute atomic E-state index is 0. The van der Waals surface area contributed by atoms with Crippen LogP contribution in [0.4, 0.5) is 0 Å². The maximum atomic E-state index is 5.94. The number of likely N-dealkylation sites (N-methyl/N-ethyl adjacent to an activating group) is 1. The van der Waals surface area contributed by atoms with Gasteiger partial charge in [-0.3, -0.25) is 0 Å². The normalized spacial score (nSPS) is 11.2. The zero-order valence-electron chi connectivity index (χ0n) is 18.0. The second-order valence-electron chi connectivity index (χ2n) is 6.55.